The number of nitrogens with one attached hydrogen (secondary N) is 2. The van der Waals surface area contributed by atoms with Gasteiger partial charge in [-0.15, -0.1) is 0 Å². The number of piperazine rings is 1. The van der Waals surface area contributed by atoms with Gasteiger partial charge in [-0.05, 0) is 25.1 Å². The molecule has 142 valence electrons. The van der Waals surface area contributed by atoms with E-state index < -0.39 is 6.04 Å². The number of hydrogen-bond donors (Lipinski definition) is 2. The molecule has 0 bridgehead atoms. The Morgan fingerprint density at radius 2 is 1.85 bits per heavy atom. The van der Waals surface area contributed by atoms with Crippen LogP contribution in [0, 0.1) is 0 Å². The molecule has 1 saturated heterocycles. The van der Waals surface area contributed by atoms with Crippen molar-refractivity contribution in [2.24, 2.45) is 0 Å². The Bertz CT molecular complexity index is 794. The summed E-state index contributed by atoms with van der Waals surface area (Å²) in [4.78, 5) is 27.3. The van der Waals surface area contributed by atoms with Crippen LogP contribution in [-0.2, 0) is 4.79 Å². The van der Waals surface area contributed by atoms with Crippen LogP contribution in [0.4, 0.5) is 0 Å². The molecule has 2 aromatic rings. The van der Waals surface area contributed by atoms with E-state index in [4.69, 9.17) is 4.74 Å². The van der Waals surface area contributed by atoms with E-state index in [2.05, 4.69) is 10.6 Å². The molecule has 1 aliphatic rings. The molecular weight excluding hydrogens is 342 g/mol. The van der Waals surface area contributed by atoms with Gasteiger partial charge >= 0.3 is 0 Å². The first-order chi connectivity index (χ1) is 13.1. The molecule has 0 aliphatic carbocycles. The molecule has 1 aliphatic heterocycles. The monoisotopic (exact) mass is 367 g/mol. The predicted octanol–water partition coefficient (Wildman–Crippen LogP) is 1.99. The topological polar surface area (TPSA) is 70.7 Å². The number of para-hydroxylation sites is 1. The molecule has 1 fully saturated rings. The highest BCUT2D eigenvalue weighted by molar-refractivity contribution is 5.97. The second-order valence-corrected chi connectivity index (χ2v) is 6.55. The lowest BCUT2D eigenvalue weighted by Gasteiger charge is -2.38. The summed E-state index contributed by atoms with van der Waals surface area (Å²) in [5, 5.41) is 6.15. The van der Waals surface area contributed by atoms with Crippen molar-refractivity contribution >= 4 is 11.8 Å². The van der Waals surface area contributed by atoms with Crippen molar-refractivity contribution < 1.29 is 14.3 Å². The zero-order chi connectivity index (χ0) is 19.2. The molecule has 3 rings (SSSR count). The molecule has 2 aromatic carbocycles. The highest BCUT2D eigenvalue weighted by Crippen LogP contribution is 2.30. The van der Waals surface area contributed by atoms with Crippen LogP contribution in [0.5, 0.6) is 5.75 Å². The maximum atomic E-state index is 13.1. The number of hydrogen-bond acceptors (Lipinski definition) is 4. The third kappa shape index (κ3) is 4.28. The summed E-state index contributed by atoms with van der Waals surface area (Å²) in [6, 6.07) is 15.9. The van der Waals surface area contributed by atoms with Crippen molar-refractivity contribution in [3.05, 3.63) is 65.7 Å². The quantitative estimate of drug-likeness (QED) is 0.848. The lowest BCUT2D eigenvalue weighted by Crippen LogP contribution is -2.54. The standard InChI is InChI=1S/C21H25N3O3/c1-15(23-20(25)16-8-4-3-5-9-16)21(26)24-13-12-22-14-18(24)17-10-6-7-11-19(17)27-2/h3-11,15,18,22H,12-14H2,1-2H3,(H,23,25). The van der Waals surface area contributed by atoms with Gasteiger partial charge in [0.1, 0.15) is 11.8 Å². The van der Waals surface area contributed by atoms with E-state index in [1.54, 1.807) is 38.3 Å². The normalized spacial score (nSPS) is 17.9. The van der Waals surface area contributed by atoms with Crippen molar-refractivity contribution in [2.75, 3.05) is 26.7 Å². The van der Waals surface area contributed by atoms with Gasteiger partial charge in [0.05, 0.1) is 13.2 Å². The highest BCUT2D eigenvalue weighted by atomic mass is 16.5. The molecule has 0 radical (unpaired) electrons. The van der Waals surface area contributed by atoms with Crippen LogP contribution in [0.1, 0.15) is 28.9 Å². The largest absolute Gasteiger partial charge is 0.496 e. The van der Waals surface area contributed by atoms with E-state index in [1.165, 1.54) is 0 Å². The van der Waals surface area contributed by atoms with Gasteiger partial charge in [-0.3, -0.25) is 9.59 Å². The fourth-order valence-electron chi connectivity index (χ4n) is 3.37. The van der Waals surface area contributed by atoms with Crippen molar-refractivity contribution in [1.29, 1.82) is 0 Å². The minimum absolute atomic E-state index is 0.100. The number of amides is 2. The molecule has 2 amide bonds. The van der Waals surface area contributed by atoms with E-state index in [0.717, 1.165) is 17.9 Å². The third-order valence-electron chi connectivity index (χ3n) is 4.78. The van der Waals surface area contributed by atoms with Crippen LogP contribution in [0.25, 0.3) is 0 Å². The first-order valence-corrected chi connectivity index (χ1v) is 9.12. The fraction of sp³-hybridized carbons (Fsp3) is 0.333. The molecule has 2 N–H and O–H groups in total. The third-order valence-corrected chi connectivity index (χ3v) is 4.78. The fourth-order valence-corrected chi connectivity index (χ4v) is 3.37. The molecule has 27 heavy (non-hydrogen) atoms. The number of nitrogens with zero attached hydrogens (tertiary/aromatic N) is 1. The Kier molecular flexibility index (Phi) is 6.08. The Balaban J connectivity index is 1.76. The molecule has 6 heteroatoms. The highest BCUT2D eigenvalue weighted by Gasteiger charge is 2.32. The molecule has 6 nitrogen and oxygen atoms in total. The molecule has 0 spiro atoms. The number of rotatable bonds is 5. The molecule has 0 saturated carbocycles. The zero-order valence-corrected chi connectivity index (χ0v) is 15.6. The van der Waals surface area contributed by atoms with Crippen LogP contribution in [-0.4, -0.2) is 49.5 Å². The zero-order valence-electron chi connectivity index (χ0n) is 15.6. The first kappa shape index (κ1) is 18.9. The minimum Gasteiger partial charge on any atom is -0.496 e. The van der Waals surface area contributed by atoms with E-state index >= 15 is 0 Å². The van der Waals surface area contributed by atoms with E-state index in [0.29, 0.717) is 18.7 Å². The van der Waals surface area contributed by atoms with Crippen LogP contribution in [0.3, 0.4) is 0 Å². The van der Waals surface area contributed by atoms with Gasteiger partial charge in [0, 0.05) is 30.8 Å². The van der Waals surface area contributed by atoms with Gasteiger partial charge in [-0.2, -0.15) is 0 Å². The average molecular weight is 367 g/mol. The van der Waals surface area contributed by atoms with Gasteiger partial charge in [0.25, 0.3) is 5.91 Å². The maximum Gasteiger partial charge on any atom is 0.251 e. The smallest absolute Gasteiger partial charge is 0.251 e. The molecule has 2 unspecified atom stereocenters. The summed E-state index contributed by atoms with van der Waals surface area (Å²) >= 11 is 0. The lowest BCUT2D eigenvalue weighted by molar-refractivity contribution is -0.136. The maximum absolute atomic E-state index is 13.1. The Morgan fingerprint density at radius 1 is 1.15 bits per heavy atom. The SMILES string of the molecule is COc1ccccc1C1CNCCN1C(=O)C(C)NC(=O)c1ccccc1. The van der Waals surface area contributed by atoms with Crippen molar-refractivity contribution in [1.82, 2.24) is 15.5 Å². The van der Waals surface area contributed by atoms with Gasteiger partial charge in [-0.25, -0.2) is 0 Å². The second-order valence-electron chi connectivity index (χ2n) is 6.55. The summed E-state index contributed by atoms with van der Waals surface area (Å²) in [6.45, 7) is 3.67. The van der Waals surface area contributed by atoms with Crippen molar-refractivity contribution in [3.63, 3.8) is 0 Å². The van der Waals surface area contributed by atoms with Crippen LogP contribution < -0.4 is 15.4 Å². The van der Waals surface area contributed by atoms with Crippen molar-refractivity contribution in [2.45, 2.75) is 19.0 Å². The number of ether oxygens (including phenoxy) is 1. The molecule has 0 aromatic heterocycles. The van der Waals surface area contributed by atoms with Gasteiger partial charge in [0.15, 0.2) is 0 Å². The summed E-state index contributed by atoms with van der Waals surface area (Å²) in [6.07, 6.45) is 0. The lowest BCUT2D eigenvalue weighted by atomic mass is 10.0. The van der Waals surface area contributed by atoms with E-state index in [9.17, 15) is 9.59 Å². The number of carbonyl (C=O) groups is 2. The van der Waals surface area contributed by atoms with Crippen molar-refractivity contribution in [3.8, 4) is 5.75 Å². The summed E-state index contributed by atoms with van der Waals surface area (Å²) in [5.74, 6) is 0.405. The Morgan fingerprint density at radius 3 is 2.59 bits per heavy atom. The Labute approximate surface area is 159 Å². The van der Waals surface area contributed by atoms with E-state index in [-0.39, 0.29) is 17.9 Å². The average Bonchev–Trinajstić information content (AvgIpc) is 2.73. The predicted molar refractivity (Wildman–Crippen MR) is 104 cm³/mol. The van der Waals surface area contributed by atoms with Crippen LogP contribution >= 0.6 is 0 Å². The minimum atomic E-state index is -0.618. The number of benzene rings is 2. The summed E-state index contributed by atoms with van der Waals surface area (Å²) < 4.78 is 5.47. The number of methoxy groups -OCH3 is 1. The Hall–Kier alpha value is -2.86. The second kappa shape index (κ2) is 8.68. The summed E-state index contributed by atoms with van der Waals surface area (Å²) in [7, 11) is 1.63. The van der Waals surface area contributed by atoms with E-state index in [1.807, 2.05) is 35.2 Å². The van der Waals surface area contributed by atoms with Gasteiger partial charge < -0.3 is 20.3 Å². The van der Waals surface area contributed by atoms with Gasteiger partial charge in [-0.1, -0.05) is 36.4 Å². The summed E-state index contributed by atoms with van der Waals surface area (Å²) in [5.41, 5.74) is 1.50. The van der Waals surface area contributed by atoms with Crippen LogP contribution in [0.15, 0.2) is 54.6 Å². The molecule has 2 atom stereocenters. The molecular formula is C21H25N3O3. The molecule has 1 heterocycles. The van der Waals surface area contributed by atoms with Crippen LogP contribution in [0.2, 0.25) is 0 Å². The number of carbonyl (C=O) groups excluding carboxylic acids is 2. The first-order valence-electron chi connectivity index (χ1n) is 9.12. The van der Waals surface area contributed by atoms with Gasteiger partial charge in [0.2, 0.25) is 5.91 Å².